The molecule has 2 aliphatic heterocycles. The number of anilines is 1. The van der Waals surface area contributed by atoms with Crippen molar-refractivity contribution in [1.29, 1.82) is 0 Å². The van der Waals surface area contributed by atoms with Crippen molar-refractivity contribution >= 4 is 23.5 Å². The highest BCUT2D eigenvalue weighted by atomic mass is 16.5. The minimum absolute atomic E-state index is 0.126. The van der Waals surface area contributed by atoms with E-state index in [1.807, 2.05) is 29.2 Å². The van der Waals surface area contributed by atoms with Crippen molar-refractivity contribution in [2.45, 2.75) is 51.7 Å². The number of nitrogens with one attached hydrogen (secondary N) is 2. The van der Waals surface area contributed by atoms with Crippen LogP contribution in [0.3, 0.4) is 0 Å². The first kappa shape index (κ1) is 22.6. The normalized spacial score (nSPS) is 21.9. The summed E-state index contributed by atoms with van der Waals surface area (Å²) in [6.07, 6.45) is 4.70. The summed E-state index contributed by atoms with van der Waals surface area (Å²) in [4.78, 5) is 33.8. The summed E-state index contributed by atoms with van der Waals surface area (Å²) in [5.41, 5.74) is 1.89. The van der Waals surface area contributed by atoms with Gasteiger partial charge in [-0.25, -0.2) is 4.99 Å². The molecule has 1 aromatic rings. The van der Waals surface area contributed by atoms with Crippen molar-refractivity contribution in [3.8, 4) is 0 Å². The Morgan fingerprint density at radius 1 is 1.09 bits per heavy atom. The number of rotatable bonds is 6. The molecule has 2 saturated heterocycles. The van der Waals surface area contributed by atoms with Gasteiger partial charge in [-0.05, 0) is 50.3 Å². The third kappa shape index (κ3) is 5.59. The van der Waals surface area contributed by atoms with Gasteiger partial charge in [-0.15, -0.1) is 0 Å². The largest absolute Gasteiger partial charge is 0.368 e. The summed E-state index contributed by atoms with van der Waals surface area (Å²) in [7, 11) is 0. The molecule has 8 heteroatoms. The molecule has 0 bridgehead atoms. The van der Waals surface area contributed by atoms with Crippen LogP contribution in [0.25, 0.3) is 0 Å². The number of carbonyl (C=O) groups excluding carboxylic acids is 2. The van der Waals surface area contributed by atoms with E-state index < -0.39 is 0 Å². The number of benzene rings is 1. The van der Waals surface area contributed by atoms with Gasteiger partial charge in [-0.1, -0.05) is 18.6 Å². The van der Waals surface area contributed by atoms with E-state index >= 15 is 0 Å². The first-order chi connectivity index (χ1) is 15.6. The highest BCUT2D eigenvalue weighted by molar-refractivity contribution is 5.93. The molecule has 3 fully saturated rings. The van der Waals surface area contributed by atoms with E-state index in [-0.39, 0.29) is 23.8 Å². The summed E-state index contributed by atoms with van der Waals surface area (Å²) < 4.78 is 5.56. The second-order valence-electron chi connectivity index (χ2n) is 8.80. The lowest BCUT2D eigenvalue weighted by atomic mass is 9.85. The van der Waals surface area contributed by atoms with Crippen molar-refractivity contribution in [2.24, 2.45) is 10.9 Å². The quantitative estimate of drug-likeness (QED) is 0.522. The maximum atomic E-state index is 12.6. The second-order valence-corrected chi connectivity index (χ2v) is 8.80. The Bertz CT molecular complexity index is 825. The van der Waals surface area contributed by atoms with Crippen LogP contribution in [0.15, 0.2) is 29.3 Å². The van der Waals surface area contributed by atoms with Crippen molar-refractivity contribution in [1.82, 2.24) is 15.1 Å². The molecule has 8 nitrogen and oxygen atoms in total. The van der Waals surface area contributed by atoms with Gasteiger partial charge in [0.15, 0.2) is 5.96 Å². The van der Waals surface area contributed by atoms with Gasteiger partial charge < -0.3 is 25.2 Å². The van der Waals surface area contributed by atoms with E-state index in [0.29, 0.717) is 26.2 Å². The van der Waals surface area contributed by atoms with Crippen LogP contribution in [0.4, 0.5) is 5.69 Å². The predicted molar refractivity (Wildman–Crippen MR) is 124 cm³/mol. The molecule has 1 unspecified atom stereocenters. The molecule has 0 radical (unpaired) electrons. The molecule has 4 rings (SSSR count). The Morgan fingerprint density at radius 3 is 2.53 bits per heavy atom. The van der Waals surface area contributed by atoms with Gasteiger partial charge in [0.05, 0.1) is 6.54 Å². The van der Waals surface area contributed by atoms with Crippen LogP contribution < -0.4 is 10.6 Å². The lowest BCUT2D eigenvalue weighted by molar-refractivity contribution is -0.142. The molecule has 0 spiro atoms. The average Bonchev–Trinajstić information content (AvgIpc) is 3.30. The number of carbonyl (C=O) groups is 2. The molecule has 0 aromatic heterocycles. The maximum absolute atomic E-state index is 12.6. The molecule has 1 aliphatic carbocycles. The number of hydrogen-bond acceptors (Lipinski definition) is 4. The van der Waals surface area contributed by atoms with Gasteiger partial charge in [0.25, 0.3) is 5.91 Å². The van der Waals surface area contributed by atoms with Gasteiger partial charge in [-0.2, -0.15) is 0 Å². The lowest BCUT2D eigenvalue weighted by Crippen LogP contribution is -2.55. The van der Waals surface area contributed by atoms with E-state index in [2.05, 4.69) is 22.5 Å². The zero-order chi connectivity index (χ0) is 22.3. The summed E-state index contributed by atoms with van der Waals surface area (Å²) in [5, 5.41) is 6.41. The van der Waals surface area contributed by atoms with E-state index in [1.165, 1.54) is 0 Å². The SMILES string of the molecule is CCNC(=NCc1cccc(NC(=O)C2CCC2)c1)N1CCN(C(=O)C2CCCO2)CC1. The minimum Gasteiger partial charge on any atom is -0.368 e. The number of guanidine groups is 1. The van der Waals surface area contributed by atoms with Crippen LogP contribution in [0, 0.1) is 5.92 Å². The van der Waals surface area contributed by atoms with Gasteiger partial charge in [0.2, 0.25) is 5.91 Å². The Labute approximate surface area is 190 Å². The standard InChI is InChI=1S/C24H35N5O3/c1-2-25-24(29-13-11-28(12-14-29)23(31)21-10-5-15-32-21)26-17-18-6-3-9-20(16-18)27-22(30)19-7-4-8-19/h3,6,9,16,19,21H,2,4-5,7-8,10-15,17H2,1H3,(H,25,26)(H,27,30). The molecule has 2 amide bonds. The van der Waals surface area contributed by atoms with Crippen molar-refractivity contribution in [3.05, 3.63) is 29.8 Å². The van der Waals surface area contributed by atoms with E-state index in [0.717, 1.165) is 68.9 Å². The fraction of sp³-hybridized carbons (Fsp3) is 0.625. The second kappa shape index (κ2) is 10.8. The average molecular weight is 442 g/mol. The third-order valence-corrected chi connectivity index (χ3v) is 6.51. The van der Waals surface area contributed by atoms with E-state index in [9.17, 15) is 9.59 Å². The Kier molecular flexibility index (Phi) is 7.63. The minimum atomic E-state index is -0.250. The molecule has 2 N–H and O–H groups in total. The molecule has 1 aromatic carbocycles. The van der Waals surface area contributed by atoms with Gasteiger partial charge in [-0.3, -0.25) is 9.59 Å². The van der Waals surface area contributed by atoms with Crippen molar-refractivity contribution < 1.29 is 14.3 Å². The van der Waals surface area contributed by atoms with E-state index in [1.54, 1.807) is 0 Å². The number of amides is 2. The highest BCUT2D eigenvalue weighted by Crippen LogP contribution is 2.27. The third-order valence-electron chi connectivity index (χ3n) is 6.51. The number of ether oxygens (including phenoxy) is 1. The zero-order valence-electron chi connectivity index (χ0n) is 19.0. The first-order valence-electron chi connectivity index (χ1n) is 12.0. The highest BCUT2D eigenvalue weighted by Gasteiger charge is 2.31. The Balaban J connectivity index is 1.32. The predicted octanol–water partition coefficient (Wildman–Crippen LogP) is 2.21. The van der Waals surface area contributed by atoms with Crippen LogP contribution >= 0.6 is 0 Å². The zero-order valence-corrected chi connectivity index (χ0v) is 19.0. The molecule has 1 atom stereocenters. The number of hydrogen-bond donors (Lipinski definition) is 2. The van der Waals surface area contributed by atoms with Gasteiger partial charge in [0, 0.05) is 50.9 Å². The fourth-order valence-corrected chi connectivity index (χ4v) is 4.37. The van der Waals surface area contributed by atoms with Gasteiger partial charge in [0.1, 0.15) is 6.10 Å². The van der Waals surface area contributed by atoms with Crippen LogP contribution in [-0.4, -0.2) is 73.0 Å². The van der Waals surface area contributed by atoms with Crippen molar-refractivity contribution in [2.75, 3.05) is 44.6 Å². The monoisotopic (exact) mass is 441 g/mol. The molecule has 1 saturated carbocycles. The topological polar surface area (TPSA) is 86.3 Å². The van der Waals surface area contributed by atoms with Crippen LogP contribution in [0.5, 0.6) is 0 Å². The lowest BCUT2D eigenvalue weighted by Gasteiger charge is -2.37. The smallest absolute Gasteiger partial charge is 0.251 e. The number of piperazine rings is 1. The summed E-state index contributed by atoms with van der Waals surface area (Å²) in [5.74, 6) is 1.29. The molecule has 3 aliphatic rings. The van der Waals surface area contributed by atoms with Crippen LogP contribution in [0.2, 0.25) is 0 Å². The van der Waals surface area contributed by atoms with Gasteiger partial charge >= 0.3 is 0 Å². The first-order valence-corrected chi connectivity index (χ1v) is 12.0. The summed E-state index contributed by atoms with van der Waals surface area (Å²) in [6, 6.07) is 7.93. The fourth-order valence-electron chi connectivity index (χ4n) is 4.37. The molecular formula is C24H35N5O3. The van der Waals surface area contributed by atoms with Crippen LogP contribution in [-0.2, 0) is 20.9 Å². The molecule has 32 heavy (non-hydrogen) atoms. The molecule has 174 valence electrons. The number of aliphatic imine (C=N–C) groups is 1. The number of nitrogens with zero attached hydrogens (tertiary/aromatic N) is 3. The Morgan fingerprint density at radius 2 is 1.88 bits per heavy atom. The summed E-state index contributed by atoms with van der Waals surface area (Å²) >= 11 is 0. The van der Waals surface area contributed by atoms with E-state index in [4.69, 9.17) is 9.73 Å². The molecule has 2 heterocycles. The van der Waals surface area contributed by atoms with Crippen LogP contribution in [0.1, 0.15) is 44.6 Å². The Hall–Kier alpha value is -2.61. The summed E-state index contributed by atoms with van der Waals surface area (Å²) in [6.45, 7) is 6.94. The maximum Gasteiger partial charge on any atom is 0.251 e. The van der Waals surface area contributed by atoms with Crippen molar-refractivity contribution in [3.63, 3.8) is 0 Å². The molecular weight excluding hydrogens is 406 g/mol.